The molecule has 1 atom stereocenters. The van der Waals surface area contributed by atoms with E-state index < -0.39 is 0 Å². The van der Waals surface area contributed by atoms with E-state index in [1.54, 1.807) is 19.5 Å². The number of benzene rings is 1. The average Bonchev–Trinajstić information content (AvgIpc) is 3.02. The number of aryl methyl sites for hydroxylation is 1. The maximum absolute atomic E-state index is 12.5. The molecule has 0 aliphatic carbocycles. The monoisotopic (exact) mass is 348 g/mol. The van der Waals surface area contributed by atoms with Crippen LogP contribution in [0.3, 0.4) is 0 Å². The maximum Gasteiger partial charge on any atom is 0.271 e. The van der Waals surface area contributed by atoms with E-state index >= 15 is 0 Å². The largest absolute Gasteiger partial charge is 0.496 e. The molecule has 0 fully saturated rings. The molecular formula is C20H20N4O2. The van der Waals surface area contributed by atoms with Crippen molar-refractivity contribution in [1.29, 1.82) is 0 Å². The van der Waals surface area contributed by atoms with Crippen molar-refractivity contribution in [3.63, 3.8) is 0 Å². The highest BCUT2D eigenvalue weighted by molar-refractivity contribution is 5.94. The summed E-state index contributed by atoms with van der Waals surface area (Å²) in [7, 11) is 1.67. The van der Waals surface area contributed by atoms with Gasteiger partial charge in [0.15, 0.2) is 0 Å². The molecule has 0 radical (unpaired) electrons. The van der Waals surface area contributed by atoms with Crippen LogP contribution in [0.5, 0.6) is 5.75 Å². The second-order valence-corrected chi connectivity index (χ2v) is 6.46. The highest BCUT2D eigenvalue weighted by Gasteiger charge is 2.28. The van der Waals surface area contributed by atoms with Crippen molar-refractivity contribution < 1.29 is 9.53 Å². The number of carbonyl (C=O) groups is 1. The van der Waals surface area contributed by atoms with Gasteiger partial charge in [-0.05, 0) is 36.6 Å². The molecule has 3 heterocycles. The molecule has 6 heteroatoms. The number of fused-ring (bicyclic) bond motifs is 1. The zero-order valence-corrected chi connectivity index (χ0v) is 14.7. The number of methoxy groups -OCH3 is 1. The summed E-state index contributed by atoms with van der Waals surface area (Å²) in [5.41, 5.74) is 4.36. The topological polar surface area (TPSA) is 79.9 Å². The minimum atomic E-state index is -0.147. The molecule has 0 unspecified atom stereocenters. The molecule has 6 nitrogen and oxygen atoms in total. The predicted molar refractivity (Wildman–Crippen MR) is 98.3 cm³/mol. The van der Waals surface area contributed by atoms with Gasteiger partial charge in [-0.15, -0.1) is 0 Å². The quantitative estimate of drug-likeness (QED) is 0.763. The fourth-order valence-electron chi connectivity index (χ4n) is 3.45. The van der Waals surface area contributed by atoms with Crippen molar-refractivity contribution in [2.24, 2.45) is 0 Å². The number of imidazole rings is 1. The summed E-state index contributed by atoms with van der Waals surface area (Å²) in [5.74, 6) is 1.50. The Bertz CT molecular complexity index is 964. The summed E-state index contributed by atoms with van der Waals surface area (Å²) in [6.07, 6.45) is 4.21. The molecule has 1 aliphatic rings. The second-order valence-electron chi connectivity index (χ2n) is 6.46. The van der Waals surface area contributed by atoms with E-state index in [-0.39, 0.29) is 11.8 Å². The van der Waals surface area contributed by atoms with Crippen LogP contribution in [0.15, 0.2) is 42.7 Å². The minimum Gasteiger partial charge on any atom is -0.496 e. The van der Waals surface area contributed by atoms with Gasteiger partial charge in [-0.2, -0.15) is 0 Å². The standard InChI is InChI=1S/C20H20N4O2/c1-12-10-21-8-7-14(12)19-23-16-9-13(11-22-20(25)18(16)24-19)15-5-3-4-6-17(15)26-2/h3-8,10,13H,9,11H2,1-2H3,(H,22,25)(H,23,24)/t13-/m0/s1. The van der Waals surface area contributed by atoms with E-state index in [2.05, 4.69) is 20.3 Å². The van der Waals surface area contributed by atoms with Crippen molar-refractivity contribution in [2.45, 2.75) is 19.3 Å². The summed E-state index contributed by atoms with van der Waals surface area (Å²) < 4.78 is 5.50. The third-order valence-electron chi connectivity index (χ3n) is 4.81. The fourth-order valence-corrected chi connectivity index (χ4v) is 3.45. The first-order chi connectivity index (χ1) is 12.7. The number of ether oxygens (including phenoxy) is 1. The number of pyridine rings is 1. The maximum atomic E-state index is 12.5. The molecule has 0 bridgehead atoms. The lowest BCUT2D eigenvalue weighted by Gasteiger charge is -2.17. The van der Waals surface area contributed by atoms with Gasteiger partial charge in [0.1, 0.15) is 17.3 Å². The molecule has 2 aromatic heterocycles. The second kappa shape index (κ2) is 6.63. The number of hydrogen-bond acceptors (Lipinski definition) is 4. The molecule has 26 heavy (non-hydrogen) atoms. The number of amides is 1. The predicted octanol–water partition coefficient (Wildman–Crippen LogP) is 2.86. The van der Waals surface area contributed by atoms with Crippen LogP contribution in [-0.2, 0) is 6.42 Å². The van der Waals surface area contributed by atoms with Crippen LogP contribution >= 0.6 is 0 Å². The van der Waals surface area contributed by atoms with Crippen LogP contribution in [0.1, 0.15) is 33.2 Å². The summed E-state index contributed by atoms with van der Waals surface area (Å²) >= 11 is 0. The van der Waals surface area contributed by atoms with E-state index in [4.69, 9.17) is 4.74 Å². The molecule has 1 amide bonds. The number of nitrogens with one attached hydrogen (secondary N) is 2. The van der Waals surface area contributed by atoms with Crippen LogP contribution in [0.4, 0.5) is 0 Å². The van der Waals surface area contributed by atoms with E-state index in [0.717, 1.165) is 28.1 Å². The van der Waals surface area contributed by atoms with Crippen molar-refractivity contribution in [3.05, 3.63) is 65.2 Å². The van der Waals surface area contributed by atoms with Gasteiger partial charge >= 0.3 is 0 Å². The molecule has 0 spiro atoms. The number of para-hydroxylation sites is 1. The Balaban J connectivity index is 1.74. The number of aromatic amines is 1. The van der Waals surface area contributed by atoms with E-state index in [1.807, 2.05) is 37.3 Å². The molecule has 4 rings (SSSR count). The van der Waals surface area contributed by atoms with Crippen LogP contribution in [0.25, 0.3) is 11.4 Å². The highest BCUT2D eigenvalue weighted by Crippen LogP contribution is 2.32. The first-order valence-corrected chi connectivity index (χ1v) is 8.58. The lowest BCUT2D eigenvalue weighted by atomic mass is 9.93. The number of carbonyl (C=O) groups excluding carboxylic acids is 1. The van der Waals surface area contributed by atoms with Crippen molar-refractivity contribution in [3.8, 4) is 17.1 Å². The Morgan fingerprint density at radius 2 is 2.08 bits per heavy atom. The number of rotatable bonds is 3. The van der Waals surface area contributed by atoms with Crippen molar-refractivity contribution in [1.82, 2.24) is 20.3 Å². The SMILES string of the molecule is COc1ccccc1[C@@H]1CNC(=O)c2nc(-c3ccncc3C)[nH]c2C1. The van der Waals surface area contributed by atoms with Crippen LogP contribution in [0.2, 0.25) is 0 Å². The number of aromatic nitrogens is 3. The molecule has 3 aromatic rings. The third-order valence-corrected chi connectivity index (χ3v) is 4.81. The van der Waals surface area contributed by atoms with Gasteiger partial charge in [0.05, 0.1) is 7.11 Å². The fraction of sp³-hybridized carbons (Fsp3) is 0.250. The number of H-pyrrole nitrogens is 1. The zero-order chi connectivity index (χ0) is 18.1. The van der Waals surface area contributed by atoms with Gasteiger partial charge in [-0.3, -0.25) is 9.78 Å². The average molecular weight is 348 g/mol. The highest BCUT2D eigenvalue weighted by atomic mass is 16.5. The molecule has 1 aliphatic heterocycles. The first kappa shape index (κ1) is 16.3. The van der Waals surface area contributed by atoms with E-state index in [1.165, 1.54) is 0 Å². The molecule has 0 saturated heterocycles. The smallest absolute Gasteiger partial charge is 0.271 e. The van der Waals surface area contributed by atoms with Crippen molar-refractivity contribution >= 4 is 5.91 Å². The van der Waals surface area contributed by atoms with Gasteiger partial charge in [0.2, 0.25) is 0 Å². The normalized spacial score (nSPS) is 16.5. The Kier molecular flexibility index (Phi) is 4.16. The van der Waals surface area contributed by atoms with Crippen LogP contribution in [-0.4, -0.2) is 34.5 Å². The minimum absolute atomic E-state index is 0.114. The van der Waals surface area contributed by atoms with Gasteiger partial charge in [0.25, 0.3) is 5.91 Å². The third kappa shape index (κ3) is 2.83. The Morgan fingerprint density at radius 1 is 1.23 bits per heavy atom. The summed E-state index contributed by atoms with van der Waals surface area (Å²) in [6.45, 7) is 2.53. The van der Waals surface area contributed by atoms with Crippen LogP contribution < -0.4 is 10.1 Å². The van der Waals surface area contributed by atoms with Gasteiger partial charge in [-0.25, -0.2) is 4.98 Å². The number of nitrogens with zero attached hydrogens (tertiary/aromatic N) is 2. The van der Waals surface area contributed by atoms with E-state index in [0.29, 0.717) is 24.5 Å². The lowest BCUT2D eigenvalue weighted by Crippen LogP contribution is -2.26. The first-order valence-electron chi connectivity index (χ1n) is 8.58. The van der Waals surface area contributed by atoms with Crippen molar-refractivity contribution in [2.75, 3.05) is 13.7 Å². The molecule has 2 N–H and O–H groups in total. The number of hydrogen-bond donors (Lipinski definition) is 2. The molecule has 1 aromatic carbocycles. The van der Waals surface area contributed by atoms with Gasteiger partial charge in [0, 0.05) is 36.1 Å². The Morgan fingerprint density at radius 3 is 2.88 bits per heavy atom. The lowest BCUT2D eigenvalue weighted by molar-refractivity contribution is 0.0950. The van der Waals surface area contributed by atoms with Gasteiger partial charge in [-0.1, -0.05) is 18.2 Å². The summed E-state index contributed by atoms with van der Waals surface area (Å²) in [5, 5.41) is 2.99. The Hall–Kier alpha value is -3.15. The Labute approximate surface area is 151 Å². The zero-order valence-electron chi connectivity index (χ0n) is 14.7. The van der Waals surface area contributed by atoms with E-state index in [9.17, 15) is 4.79 Å². The van der Waals surface area contributed by atoms with Gasteiger partial charge < -0.3 is 15.0 Å². The molecular weight excluding hydrogens is 328 g/mol. The molecule has 132 valence electrons. The summed E-state index contributed by atoms with van der Waals surface area (Å²) in [4.78, 5) is 24.6. The van der Waals surface area contributed by atoms with Crippen LogP contribution in [0, 0.1) is 6.92 Å². The summed E-state index contributed by atoms with van der Waals surface area (Å²) in [6, 6.07) is 9.84. The molecule has 0 saturated carbocycles.